The van der Waals surface area contributed by atoms with Crippen LogP contribution in [0, 0.1) is 0 Å². The summed E-state index contributed by atoms with van der Waals surface area (Å²) in [5.41, 5.74) is 3.62. The fourth-order valence-corrected chi connectivity index (χ4v) is 9.78. The Kier molecular flexibility index (Phi) is 12.1. The van der Waals surface area contributed by atoms with Crippen LogP contribution in [0.5, 0.6) is 5.75 Å². The molecule has 1 aliphatic carbocycles. The smallest absolute Gasteiger partial charge is 0.293 e. The first-order valence-electron chi connectivity index (χ1n) is 22.0. The van der Waals surface area contributed by atoms with Crippen LogP contribution >= 0.6 is 11.6 Å². The van der Waals surface area contributed by atoms with Gasteiger partial charge in [0.1, 0.15) is 11.1 Å². The number of imide groups is 1. The van der Waals surface area contributed by atoms with Crippen LogP contribution in [0.25, 0.3) is 10.9 Å². The lowest BCUT2D eigenvalue weighted by Gasteiger charge is -2.47. The molecule has 4 fully saturated rings. The van der Waals surface area contributed by atoms with Crippen LogP contribution in [0.1, 0.15) is 98.8 Å². The highest BCUT2D eigenvalue weighted by Gasteiger charge is 2.41. The van der Waals surface area contributed by atoms with E-state index in [0.29, 0.717) is 53.0 Å². The molecular formula is C45H53ClN10O7. The number of fused-ring (bicyclic) bond motifs is 2. The minimum Gasteiger partial charge on any atom is -0.478 e. The summed E-state index contributed by atoms with van der Waals surface area (Å²) in [6, 6.07) is 9.10. The van der Waals surface area contributed by atoms with Gasteiger partial charge in [-0.25, -0.2) is 4.98 Å². The number of hydrogen-bond acceptors (Lipinski definition) is 13. The van der Waals surface area contributed by atoms with Gasteiger partial charge >= 0.3 is 0 Å². The zero-order valence-corrected chi connectivity index (χ0v) is 36.5. The van der Waals surface area contributed by atoms with Gasteiger partial charge in [0.25, 0.3) is 17.4 Å². The van der Waals surface area contributed by atoms with Crippen LogP contribution < -0.4 is 31.1 Å². The number of nitrogens with zero attached hydrogens (tertiary/aromatic N) is 7. The van der Waals surface area contributed by atoms with Gasteiger partial charge in [0, 0.05) is 74.1 Å². The number of carbonyl (C=O) groups is 4. The van der Waals surface area contributed by atoms with Gasteiger partial charge in [0.2, 0.25) is 17.8 Å². The Morgan fingerprint density at radius 3 is 2.46 bits per heavy atom. The van der Waals surface area contributed by atoms with Crippen molar-refractivity contribution >= 4 is 63.6 Å². The number of nitrogens with one attached hydrogen (secondary N) is 3. The van der Waals surface area contributed by atoms with Crippen molar-refractivity contribution in [2.75, 3.05) is 50.1 Å². The van der Waals surface area contributed by atoms with E-state index in [1.165, 1.54) is 7.05 Å². The van der Waals surface area contributed by atoms with Crippen LogP contribution in [0.15, 0.2) is 47.5 Å². The molecule has 4 amide bonds. The van der Waals surface area contributed by atoms with Crippen LogP contribution in [0.3, 0.4) is 0 Å². The van der Waals surface area contributed by atoms with Crippen LogP contribution in [0.4, 0.5) is 17.5 Å². The molecule has 5 aliphatic rings. The molecule has 1 unspecified atom stereocenters. The second-order valence-electron chi connectivity index (χ2n) is 17.6. The third-order valence-corrected chi connectivity index (χ3v) is 13.5. The molecule has 0 bridgehead atoms. The largest absolute Gasteiger partial charge is 0.478 e. The summed E-state index contributed by atoms with van der Waals surface area (Å²) in [7, 11) is 1.51. The van der Waals surface area contributed by atoms with Crippen molar-refractivity contribution in [1.29, 1.82) is 0 Å². The molecule has 332 valence electrons. The summed E-state index contributed by atoms with van der Waals surface area (Å²) >= 11 is 6.60. The van der Waals surface area contributed by atoms with Crippen molar-refractivity contribution in [3.63, 3.8) is 0 Å². The monoisotopic (exact) mass is 880 g/mol. The van der Waals surface area contributed by atoms with Crippen molar-refractivity contribution in [2.45, 2.75) is 108 Å². The lowest BCUT2D eigenvalue weighted by molar-refractivity contribution is -0.137. The molecule has 7 heterocycles. The quantitative estimate of drug-likeness (QED) is 0.169. The third-order valence-electron chi connectivity index (χ3n) is 13.2. The normalized spacial score (nSPS) is 22.3. The minimum atomic E-state index is -0.625. The number of pyridine rings is 2. The second kappa shape index (κ2) is 17.8. The first-order chi connectivity index (χ1) is 30.4. The van der Waals surface area contributed by atoms with Gasteiger partial charge < -0.3 is 39.4 Å². The van der Waals surface area contributed by atoms with E-state index in [9.17, 15) is 24.0 Å². The molecule has 3 N–H and O–H groups in total. The van der Waals surface area contributed by atoms with Gasteiger partial charge in [-0.3, -0.25) is 34.3 Å². The maximum Gasteiger partial charge on any atom is 0.293 e. The molecule has 9 rings (SSSR count). The number of carbonyl (C=O) groups excluding carboxylic acids is 4. The van der Waals surface area contributed by atoms with Crippen molar-refractivity contribution in [3.05, 3.63) is 74.9 Å². The van der Waals surface area contributed by atoms with Crippen LogP contribution in [-0.2, 0) is 25.7 Å². The minimum absolute atomic E-state index is 0.0936. The number of halogens is 1. The number of anilines is 3. The number of piperidine rings is 3. The van der Waals surface area contributed by atoms with Crippen molar-refractivity contribution < 1.29 is 28.7 Å². The van der Waals surface area contributed by atoms with E-state index in [4.69, 9.17) is 31.0 Å². The Balaban J connectivity index is 0.739. The number of hydrogen-bond donors (Lipinski definition) is 3. The van der Waals surface area contributed by atoms with Crippen molar-refractivity contribution in [2.24, 2.45) is 0 Å². The predicted molar refractivity (Wildman–Crippen MR) is 235 cm³/mol. The number of aromatic nitrogens is 4. The molecule has 4 aromatic rings. The maximum atomic E-state index is 13.2. The van der Waals surface area contributed by atoms with E-state index >= 15 is 0 Å². The third kappa shape index (κ3) is 8.82. The first-order valence-corrected chi connectivity index (χ1v) is 22.4. The first kappa shape index (κ1) is 42.6. The molecule has 0 radical (unpaired) electrons. The predicted octanol–water partition coefficient (Wildman–Crippen LogP) is 4.45. The molecule has 1 atom stereocenters. The van der Waals surface area contributed by atoms with E-state index in [1.807, 2.05) is 32.0 Å². The Bertz CT molecular complexity index is 2490. The number of rotatable bonds is 12. The lowest BCUT2D eigenvalue weighted by Crippen LogP contribution is -2.52. The van der Waals surface area contributed by atoms with Crippen molar-refractivity contribution in [1.82, 2.24) is 40.0 Å². The fraction of sp³-hybridized carbons (Fsp3) is 0.511. The number of likely N-dealkylation sites (N-methyl/N-ethyl adjacent to an activating group) is 1. The Hall–Kier alpha value is -5.65. The summed E-state index contributed by atoms with van der Waals surface area (Å²) in [5.74, 6) is 0.257. The van der Waals surface area contributed by atoms with Gasteiger partial charge in [-0.05, 0) is 108 Å². The zero-order valence-electron chi connectivity index (χ0n) is 35.8. The van der Waals surface area contributed by atoms with E-state index in [2.05, 4.69) is 36.8 Å². The maximum absolute atomic E-state index is 13.2. The van der Waals surface area contributed by atoms with Crippen molar-refractivity contribution in [3.8, 4) is 5.75 Å². The number of amides is 4. The van der Waals surface area contributed by atoms with Crippen LogP contribution in [-0.4, -0.2) is 117 Å². The summed E-state index contributed by atoms with van der Waals surface area (Å²) in [4.78, 5) is 82.7. The number of ether oxygens (including phenoxy) is 2. The average molecular weight is 881 g/mol. The summed E-state index contributed by atoms with van der Waals surface area (Å²) < 4.78 is 13.9. The molecule has 63 heavy (non-hydrogen) atoms. The van der Waals surface area contributed by atoms with Gasteiger partial charge in [-0.2, -0.15) is 4.98 Å². The molecule has 17 nitrogen and oxygen atoms in total. The highest BCUT2D eigenvalue weighted by molar-refractivity contribution is 6.33. The van der Waals surface area contributed by atoms with E-state index < -0.39 is 11.9 Å². The highest BCUT2D eigenvalue weighted by Crippen LogP contribution is 2.37. The SMILES string of the molecule is CNC(=O)COc1cc2cc(Nc3nc(N4CCC(OC5CC(N6CCC(c7cc8c(cn7)C(=O)N(C7CCC(=O)NC7=O)C8)CC6)C5)CC4)ncc3Cl)ccc2n(C(C)C)c1=O. The Morgan fingerprint density at radius 1 is 0.952 bits per heavy atom. The molecule has 3 saturated heterocycles. The number of benzene rings is 1. The molecule has 3 aromatic heterocycles. The Morgan fingerprint density at radius 2 is 1.73 bits per heavy atom. The topological polar surface area (TPSA) is 193 Å². The van der Waals surface area contributed by atoms with E-state index in [-0.39, 0.29) is 60.3 Å². The van der Waals surface area contributed by atoms with E-state index in [1.54, 1.807) is 27.9 Å². The molecule has 0 spiro atoms. The molecule has 1 aromatic carbocycles. The van der Waals surface area contributed by atoms with Crippen LogP contribution in [0.2, 0.25) is 5.02 Å². The molecule has 18 heteroatoms. The number of likely N-dealkylation sites (tertiary alicyclic amines) is 1. The Labute approximate surface area is 369 Å². The highest BCUT2D eigenvalue weighted by atomic mass is 35.5. The lowest BCUT2D eigenvalue weighted by atomic mass is 9.84. The van der Waals surface area contributed by atoms with Gasteiger partial charge in [-0.1, -0.05) is 11.6 Å². The van der Waals surface area contributed by atoms with E-state index in [0.717, 1.165) is 86.9 Å². The van der Waals surface area contributed by atoms with Gasteiger partial charge in [0.05, 0.1) is 29.5 Å². The fourth-order valence-electron chi connectivity index (χ4n) is 9.64. The summed E-state index contributed by atoms with van der Waals surface area (Å²) in [6.45, 7) is 7.46. The van der Waals surface area contributed by atoms with Gasteiger partial charge in [-0.15, -0.1) is 0 Å². The second-order valence-corrected chi connectivity index (χ2v) is 18.0. The zero-order chi connectivity index (χ0) is 43.9. The summed E-state index contributed by atoms with van der Waals surface area (Å²) in [5, 5.41) is 9.34. The molecular weight excluding hydrogens is 828 g/mol. The molecule has 1 saturated carbocycles. The average Bonchev–Trinajstić information content (AvgIpc) is 3.59. The molecule has 4 aliphatic heterocycles. The van der Waals surface area contributed by atoms with Gasteiger partial charge in [0.15, 0.2) is 18.2 Å². The standard InChI is InChI=1S/C45H53ClN10O7/c1-25(2)56-36-5-4-29(16-27(36)18-38(44(56)61)62-24-40(58)47-3)50-41-34(46)22-49-45(52-41)54-14-10-31(11-15-54)63-32-19-30(20-32)53-12-8-26(9-13-53)35-17-28-23-55(43(60)33(28)21-48-35)37-6-7-39(57)51-42(37)59/h4-5,16-18,21-22,25-26,30-32,37H,6-15,19-20,23-24H2,1-3H3,(H,47,58)(H,49,50,52)(H,51,57,59). The summed E-state index contributed by atoms with van der Waals surface area (Å²) in [6.07, 6.45) is 10.1.